The van der Waals surface area contributed by atoms with Gasteiger partial charge in [-0.25, -0.2) is 0 Å². The van der Waals surface area contributed by atoms with E-state index in [-0.39, 0.29) is 0 Å². The van der Waals surface area contributed by atoms with E-state index in [1.807, 2.05) is 67.1 Å². The summed E-state index contributed by atoms with van der Waals surface area (Å²) in [7, 11) is 0. The number of aliphatic imine (C=N–C) groups is 1. The highest BCUT2D eigenvalue weighted by atomic mass is 16.3. The molecule has 0 radical (unpaired) electrons. The molecule has 50 heavy (non-hydrogen) atoms. The van der Waals surface area contributed by atoms with Gasteiger partial charge in [0.15, 0.2) is 0 Å². The van der Waals surface area contributed by atoms with E-state index < -0.39 is 0 Å². The highest BCUT2D eigenvalue weighted by molar-refractivity contribution is 6.15. The van der Waals surface area contributed by atoms with Crippen molar-refractivity contribution in [3.05, 3.63) is 218 Å². The number of para-hydroxylation sites is 1. The Labute approximate surface area is 295 Å². The minimum absolute atomic E-state index is 0.715. The molecule has 3 heteroatoms. The van der Waals surface area contributed by atoms with Gasteiger partial charge in [0.2, 0.25) is 0 Å². The Balaban J connectivity index is 1.45. The molecular formula is C47H40N2O. The Morgan fingerprint density at radius 2 is 1.48 bits per heavy atom. The molecule has 1 N–H and O–H groups in total. The van der Waals surface area contributed by atoms with Gasteiger partial charge in [0.1, 0.15) is 11.2 Å². The van der Waals surface area contributed by atoms with Crippen LogP contribution in [0, 0.1) is 0 Å². The maximum absolute atomic E-state index is 6.14. The molecule has 0 aliphatic carbocycles. The molecule has 0 saturated carbocycles. The second-order valence-corrected chi connectivity index (χ2v) is 11.7. The molecule has 0 atom stereocenters. The molecule has 1 aliphatic heterocycles. The third-order valence-corrected chi connectivity index (χ3v) is 8.25. The van der Waals surface area contributed by atoms with Crippen LogP contribution in [-0.2, 0) is 0 Å². The molecule has 0 saturated heterocycles. The minimum Gasteiger partial charge on any atom is -0.456 e. The first-order valence-electron chi connectivity index (χ1n) is 16.8. The first-order chi connectivity index (χ1) is 24.7. The number of rotatable bonds is 9. The van der Waals surface area contributed by atoms with Crippen molar-refractivity contribution in [2.75, 3.05) is 6.54 Å². The van der Waals surface area contributed by atoms with E-state index in [0.717, 1.165) is 55.5 Å². The second-order valence-electron chi connectivity index (χ2n) is 11.7. The highest BCUT2D eigenvalue weighted by Gasteiger charge is 2.11. The quantitative estimate of drug-likeness (QED) is 0.128. The zero-order chi connectivity index (χ0) is 34.4. The summed E-state index contributed by atoms with van der Waals surface area (Å²) in [5, 5.41) is 5.51. The van der Waals surface area contributed by atoms with E-state index in [9.17, 15) is 0 Å². The molecule has 0 fully saturated rings. The molecule has 0 unspecified atom stereocenters. The monoisotopic (exact) mass is 648 g/mol. The van der Waals surface area contributed by atoms with Gasteiger partial charge in [0.25, 0.3) is 0 Å². The van der Waals surface area contributed by atoms with Crippen LogP contribution in [0.2, 0.25) is 0 Å². The van der Waals surface area contributed by atoms with E-state index in [0.29, 0.717) is 6.54 Å². The number of hydrogen-bond acceptors (Lipinski definition) is 3. The van der Waals surface area contributed by atoms with Crippen molar-refractivity contribution in [2.24, 2.45) is 4.99 Å². The highest BCUT2D eigenvalue weighted by Crippen LogP contribution is 2.32. The van der Waals surface area contributed by atoms with Crippen molar-refractivity contribution >= 4 is 38.8 Å². The average molecular weight is 649 g/mol. The SMILES string of the molecule is C=C/C=C/C=C\C=C/N=C(\C=C(/C)c1ccc(-c2ccccc2)cc1)C1=C/C=C\CN/C=C/C=C/C(c2ccc3oc4ccccc4c3c2)=C\1. The Kier molecular flexibility index (Phi) is 11.4. The van der Waals surface area contributed by atoms with Gasteiger partial charge in [-0.2, -0.15) is 0 Å². The summed E-state index contributed by atoms with van der Waals surface area (Å²) in [6, 6.07) is 33.7. The van der Waals surface area contributed by atoms with E-state index in [1.54, 1.807) is 6.08 Å². The smallest absolute Gasteiger partial charge is 0.135 e. The zero-order valence-electron chi connectivity index (χ0n) is 28.2. The second kappa shape index (κ2) is 17.1. The van der Waals surface area contributed by atoms with Gasteiger partial charge in [0, 0.05) is 29.1 Å². The molecule has 0 spiro atoms. The average Bonchev–Trinajstić information content (AvgIpc) is 3.53. The third-order valence-electron chi connectivity index (χ3n) is 8.25. The first-order valence-corrected chi connectivity index (χ1v) is 16.8. The van der Waals surface area contributed by atoms with Gasteiger partial charge >= 0.3 is 0 Å². The molecule has 4 aromatic carbocycles. The van der Waals surface area contributed by atoms with Crippen molar-refractivity contribution < 1.29 is 4.42 Å². The van der Waals surface area contributed by atoms with Crippen molar-refractivity contribution in [1.82, 2.24) is 5.32 Å². The van der Waals surface area contributed by atoms with Crippen LogP contribution in [0.3, 0.4) is 0 Å². The predicted octanol–water partition coefficient (Wildman–Crippen LogP) is 12.1. The molecule has 1 aromatic heterocycles. The molecule has 5 aromatic rings. The van der Waals surface area contributed by atoms with E-state index in [2.05, 4.69) is 140 Å². The molecule has 1 aliphatic rings. The zero-order valence-corrected chi connectivity index (χ0v) is 28.2. The van der Waals surface area contributed by atoms with Crippen LogP contribution in [0.5, 0.6) is 0 Å². The maximum atomic E-state index is 6.14. The minimum atomic E-state index is 0.715. The first kappa shape index (κ1) is 33.5. The summed E-state index contributed by atoms with van der Waals surface area (Å²) in [6.45, 7) is 6.59. The molecule has 0 amide bonds. The lowest BCUT2D eigenvalue weighted by Crippen LogP contribution is -2.03. The molecule has 2 heterocycles. The van der Waals surface area contributed by atoms with E-state index in [1.165, 1.54) is 11.1 Å². The number of fused-ring (bicyclic) bond motifs is 3. The lowest BCUT2D eigenvalue weighted by molar-refractivity contribution is 0.669. The van der Waals surface area contributed by atoms with Crippen molar-refractivity contribution in [1.29, 1.82) is 0 Å². The number of allylic oxidation sites excluding steroid dienone is 16. The van der Waals surface area contributed by atoms with Gasteiger partial charge in [-0.3, -0.25) is 4.99 Å². The van der Waals surface area contributed by atoms with Gasteiger partial charge in [-0.1, -0.05) is 146 Å². The van der Waals surface area contributed by atoms with Crippen LogP contribution < -0.4 is 5.32 Å². The fraction of sp³-hybridized carbons (Fsp3) is 0.0426. The number of furan rings is 1. The van der Waals surface area contributed by atoms with Gasteiger partial charge in [-0.15, -0.1) is 0 Å². The van der Waals surface area contributed by atoms with E-state index in [4.69, 9.17) is 9.41 Å². The van der Waals surface area contributed by atoms with Crippen LogP contribution in [0.15, 0.2) is 216 Å². The normalized spacial score (nSPS) is 18.7. The summed E-state index contributed by atoms with van der Waals surface area (Å²) in [6.07, 6.45) is 32.2. The lowest BCUT2D eigenvalue weighted by Gasteiger charge is -2.10. The van der Waals surface area contributed by atoms with Crippen molar-refractivity contribution in [3.8, 4) is 11.1 Å². The van der Waals surface area contributed by atoms with Crippen molar-refractivity contribution in [2.45, 2.75) is 6.92 Å². The molecule has 6 rings (SSSR count). The Hall–Kier alpha value is -6.45. The van der Waals surface area contributed by atoms with Crippen LogP contribution in [0.4, 0.5) is 0 Å². The van der Waals surface area contributed by atoms with E-state index >= 15 is 0 Å². The Morgan fingerprint density at radius 3 is 2.34 bits per heavy atom. The third kappa shape index (κ3) is 8.71. The Morgan fingerprint density at radius 1 is 0.740 bits per heavy atom. The number of hydrogen-bond donors (Lipinski definition) is 1. The molecular weight excluding hydrogens is 609 g/mol. The summed E-state index contributed by atoms with van der Waals surface area (Å²) in [4.78, 5) is 5.02. The Bertz CT molecular complexity index is 2260. The molecule has 0 bridgehead atoms. The topological polar surface area (TPSA) is 37.5 Å². The van der Waals surface area contributed by atoms with Gasteiger partial charge in [-0.05, 0) is 89.0 Å². The summed E-state index contributed by atoms with van der Waals surface area (Å²) < 4.78 is 6.14. The fourth-order valence-electron chi connectivity index (χ4n) is 5.65. The van der Waals surface area contributed by atoms with Gasteiger partial charge in [0.05, 0.1) is 5.71 Å². The van der Waals surface area contributed by atoms with Crippen LogP contribution in [0.25, 0.3) is 44.2 Å². The molecule has 244 valence electrons. The standard InChI is InChI=1S/C47H40N2O/c1-3-4-5-6-7-15-32-49-45(33-36(2)37-24-26-39(27-25-37)38-18-9-8-10-19-38)42-21-14-17-31-48-30-16-13-20-40(34-42)41-28-29-47-44(35-41)43-22-11-12-23-46(43)50-47/h3-30,32-35,48H,1,31H2,2H3/b5-4+,7-6-,17-14-,20-13+,30-16+,32-15-,36-33+,40-34+,42-21+,49-45+. The lowest BCUT2D eigenvalue weighted by atomic mass is 9.96. The van der Waals surface area contributed by atoms with Crippen LogP contribution in [0.1, 0.15) is 18.1 Å². The summed E-state index contributed by atoms with van der Waals surface area (Å²) in [5.41, 5.74) is 10.3. The van der Waals surface area contributed by atoms with Crippen LogP contribution >= 0.6 is 0 Å². The van der Waals surface area contributed by atoms with Gasteiger partial charge < -0.3 is 9.73 Å². The fourth-order valence-corrected chi connectivity index (χ4v) is 5.65. The summed E-state index contributed by atoms with van der Waals surface area (Å²) >= 11 is 0. The summed E-state index contributed by atoms with van der Waals surface area (Å²) in [5.74, 6) is 0. The number of nitrogens with zero attached hydrogens (tertiary/aromatic N) is 1. The molecule has 3 nitrogen and oxygen atoms in total. The maximum Gasteiger partial charge on any atom is 0.135 e. The van der Waals surface area contributed by atoms with Crippen molar-refractivity contribution in [3.63, 3.8) is 0 Å². The largest absolute Gasteiger partial charge is 0.456 e. The van der Waals surface area contributed by atoms with Crippen LogP contribution in [-0.4, -0.2) is 12.3 Å². The predicted molar refractivity (Wildman–Crippen MR) is 216 cm³/mol. The number of nitrogens with one attached hydrogen (secondary N) is 1. The number of benzene rings is 4.